The van der Waals surface area contributed by atoms with Crippen molar-refractivity contribution in [1.29, 1.82) is 0 Å². The Morgan fingerprint density at radius 2 is 2.15 bits per heavy atom. The van der Waals surface area contributed by atoms with Crippen LogP contribution in [0.2, 0.25) is 0 Å². The zero-order valence-corrected chi connectivity index (χ0v) is 7.20. The maximum Gasteiger partial charge on any atom is 0.338 e. The number of nitrogens with one attached hydrogen (secondary N) is 2. The van der Waals surface area contributed by atoms with Gasteiger partial charge in [-0.1, -0.05) is 0 Å². The van der Waals surface area contributed by atoms with Gasteiger partial charge in [-0.2, -0.15) is 0 Å². The highest BCUT2D eigenvalue weighted by atomic mass is 16.7. The van der Waals surface area contributed by atoms with Crippen LogP contribution >= 0.6 is 0 Å². The van der Waals surface area contributed by atoms with Crippen LogP contribution < -0.4 is 10.8 Å². The number of carbonyl (C=O) groups excluding carboxylic acids is 1. The highest BCUT2D eigenvalue weighted by molar-refractivity contribution is 5.73. The molecule has 0 radical (unpaired) electrons. The number of carboxylic acids is 1. The highest BCUT2D eigenvalue weighted by Gasteiger charge is 2.00. The number of ether oxygens (including phenoxy) is 1. The van der Waals surface area contributed by atoms with E-state index in [1.807, 2.05) is 5.48 Å². The molecule has 2 amide bonds. The number of carbonyl (C=O) groups is 2. The minimum atomic E-state index is -1.16. The molecule has 0 spiro atoms. The number of aliphatic carboxylic acids is 1. The van der Waals surface area contributed by atoms with Gasteiger partial charge in [-0.3, -0.25) is 4.84 Å². The lowest BCUT2D eigenvalue weighted by Gasteiger charge is -2.05. The predicted octanol–water partition coefficient (Wildman–Crippen LogP) is -1.05. The first-order valence-corrected chi connectivity index (χ1v) is 3.53. The molecule has 0 aliphatic heterocycles. The quantitative estimate of drug-likeness (QED) is 0.368. The Balaban J connectivity index is 3.25. The lowest BCUT2D eigenvalue weighted by atomic mass is 10.7. The lowest BCUT2D eigenvalue weighted by Crippen LogP contribution is -2.38. The second-order valence-electron chi connectivity index (χ2n) is 2.03. The molecule has 0 atom stereocenters. The summed E-state index contributed by atoms with van der Waals surface area (Å²) in [6.07, 6.45) is 0. The largest absolute Gasteiger partial charge is 0.479 e. The zero-order chi connectivity index (χ0) is 10.1. The molecule has 0 rings (SSSR count). The Kier molecular flexibility index (Phi) is 6.56. The van der Waals surface area contributed by atoms with E-state index in [2.05, 4.69) is 14.9 Å². The molecule has 0 aromatic carbocycles. The molecule has 0 saturated carbocycles. The maximum absolute atomic E-state index is 10.7. The van der Waals surface area contributed by atoms with Crippen molar-refractivity contribution in [2.24, 2.45) is 0 Å². The molecule has 0 aliphatic carbocycles. The lowest BCUT2D eigenvalue weighted by molar-refractivity contribution is -0.144. The van der Waals surface area contributed by atoms with E-state index >= 15 is 0 Å². The van der Waals surface area contributed by atoms with Crippen molar-refractivity contribution in [2.45, 2.75) is 0 Å². The number of amides is 2. The van der Waals surface area contributed by atoms with E-state index in [1.165, 1.54) is 7.11 Å². The number of methoxy groups -OCH3 is 1. The second kappa shape index (κ2) is 7.32. The number of urea groups is 1. The number of carboxylic acid groups (broad SMARTS) is 1. The fourth-order valence-corrected chi connectivity index (χ4v) is 0.466. The molecule has 0 unspecified atom stereocenters. The topological polar surface area (TPSA) is 96.9 Å². The average Bonchev–Trinajstić information content (AvgIpc) is 2.04. The smallest absolute Gasteiger partial charge is 0.338 e. The average molecular weight is 192 g/mol. The van der Waals surface area contributed by atoms with Crippen LogP contribution in [-0.2, 0) is 14.4 Å². The van der Waals surface area contributed by atoms with Crippen molar-refractivity contribution >= 4 is 12.0 Å². The highest BCUT2D eigenvalue weighted by Crippen LogP contribution is 1.70. The summed E-state index contributed by atoms with van der Waals surface area (Å²) in [6, 6.07) is -0.599. The monoisotopic (exact) mass is 192 g/mol. The minimum Gasteiger partial charge on any atom is -0.479 e. The summed E-state index contributed by atoms with van der Waals surface area (Å²) in [5, 5.41) is 10.5. The fourth-order valence-electron chi connectivity index (χ4n) is 0.466. The van der Waals surface area contributed by atoms with Crippen LogP contribution in [0.15, 0.2) is 0 Å². The predicted molar refractivity (Wildman–Crippen MR) is 42.0 cm³/mol. The van der Waals surface area contributed by atoms with Crippen LogP contribution in [-0.4, -0.2) is 44.0 Å². The molecular formula is C6H12N2O5. The number of rotatable bonds is 6. The summed E-state index contributed by atoms with van der Waals surface area (Å²) in [7, 11) is 1.50. The molecular weight excluding hydrogens is 180 g/mol. The van der Waals surface area contributed by atoms with Gasteiger partial charge in [0.15, 0.2) is 6.61 Å². The summed E-state index contributed by atoms with van der Waals surface area (Å²) in [4.78, 5) is 24.9. The minimum absolute atomic E-state index is 0.332. The summed E-state index contributed by atoms with van der Waals surface area (Å²) < 4.78 is 4.66. The Labute approximate surface area is 75.0 Å². The molecule has 0 fully saturated rings. The Hall–Kier alpha value is -1.34. The summed E-state index contributed by atoms with van der Waals surface area (Å²) in [6.45, 7) is 0.142. The molecule has 7 nitrogen and oxygen atoms in total. The van der Waals surface area contributed by atoms with Gasteiger partial charge in [0.05, 0.1) is 6.61 Å². The summed E-state index contributed by atoms with van der Waals surface area (Å²) in [5.41, 5.74) is 1.89. The number of hydrogen-bond donors (Lipinski definition) is 3. The first kappa shape index (κ1) is 11.7. The third kappa shape index (κ3) is 8.57. The van der Waals surface area contributed by atoms with Crippen LogP contribution in [0.25, 0.3) is 0 Å². The van der Waals surface area contributed by atoms with E-state index in [9.17, 15) is 9.59 Å². The van der Waals surface area contributed by atoms with Crippen LogP contribution in [0.4, 0.5) is 4.79 Å². The van der Waals surface area contributed by atoms with E-state index in [0.717, 1.165) is 0 Å². The molecule has 0 aromatic heterocycles. The van der Waals surface area contributed by atoms with Crippen LogP contribution in [0.5, 0.6) is 0 Å². The van der Waals surface area contributed by atoms with Crippen LogP contribution in [0.1, 0.15) is 0 Å². The third-order valence-electron chi connectivity index (χ3n) is 0.952. The van der Waals surface area contributed by atoms with Crippen LogP contribution in [0.3, 0.4) is 0 Å². The first-order valence-electron chi connectivity index (χ1n) is 3.53. The van der Waals surface area contributed by atoms with Gasteiger partial charge < -0.3 is 15.2 Å². The number of hydrogen-bond acceptors (Lipinski definition) is 4. The van der Waals surface area contributed by atoms with E-state index in [1.54, 1.807) is 0 Å². The van der Waals surface area contributed by atoms with Crippen molar-refractivity contribution in [3.05, 3.63) is 0 Å². The van der Waals surface area contributed by atoms with Crippen molar-refractivity contribution in [3.63, 3.8) is 0 Å². The van der Waals surface area contributed by atoms with Gasteiger partial charge in [0, 0.05) is 13.7 Å². The Morgan fingerprint density at radius 3 is 2.69 bits per heavy atom. The van der Waals surface area contributed by atoms with E-state index < -0.39 is 18.6 Å². The molecule has 0 aromatic rings. The van der Waals surface area contributed by atoms with Crippen molar-refractivity contribution in [3.8, 4) is 0 Å². The van der Waals surface area contributed by atoms with Gasteiger partial charge in [0.25, 0.3) is 0 Å². The van der Waals surface area contributed by atoms with Crippen molar-refractivity contribution in [1.82, 2.24) is 10.8 Å². The summed E-state index contributed by atoms with van der Waals surface area (Å²) in [5.74, 6) is -1.16. The van der Waals surface area contributed by atoms with Gasteiger partial charge in [-0.15, -0.1) is 0 Å². The van der Waals surface area contributed by atoms with Crippen molar-refractivity contribution < 1.29 is 24.3 Å². The molecule has 0 aliphatic rings. The van der Waals surface area contributed by atoms with Crippen molar-refractivity contribution in [2.75, 3.05) is 26.9 Å². The third-order valence-corrected chi connectivity index (χ3v) is 0.952. The fraction of sp³-hybridized carbons (Fsp3) is 0.667. The van der Waals surface area contributed by atoms with E-state index in [-0.39, 0.29) is 0 Å². The molecule has 3 N–H and O–H groups in total. The SMILES string of the molecule is COCCNC(=O)NOCC(=O)O. The first-order chi connectivity index (χ1) is 6.16. The standard InChI is InChI=1S/C6H12N2O5/c1-12-3-2-7-6(11)8-13-4-5(9)10/h2-4H2,1H3,(H,9,10)(H2,7,8,11). The molecule has 0 bridgehead atoms. The Morgan fingerprint density at radius 1 is 1.46 bits per heavy atom. The Bertz CT molecular complexity index is 172. The molecule has 0 heterocycles. The summed E-state index contributed by atoms with van der Waals surface area (Å²) >= 11 is 0. The van der Waals surface area contributed by atoms with Gasteiger partial charge in [-0.05, 0) is 0 Å². The van der Waals surface area contributed by atoms with Gasteiger partial charge in [-0.25, -0.2) is 15.1 Å². The molecule has 0 saturated heterocycles. The maximum atomic E-state index is 10.7. The normalized spacial score (nSPS) is 9.31. The van der Waals surface area contributed by atoms with Gasteiger partial charge in [0.1, 0.15) is 0 Å². The van der Waals surface area contributed by atoms with Gasteiger partial charge >= 0.3 is 12.0 Å². The number of hydroxylamine groups is 1. The van der Waals surface area contributed by atoms with E-state index in [0.29, 0.717) is 13.2 Å². The molecule has 76 valence electrons. The zero-order valence-electron chi connectivity index (χ0n) is 7.20. The van der Waals surface area contributed by atoms with E-state index in [4.69, 9.17) is 5.11 Å². The second-order valence-corrected chi connectivity index (χ2v) is 2.03. The molecule has 7 heteroatoms. The molecule has 13 heavy (non-hydrogen) atoms. The van der Waals surface area contributed by atoms with Crippen LogP contribution in [0, 0.1) is 0 Å². The van der Waals surface area contributed by atoms with Gasteiger partial charge in [0.2, 0.25) is 0 Å².